The van der Waals surface area contributed by atoms with Crippen molar-refractivity contribution in [2.75, 3.05) is 37.6 Å². The normalized spacial score (nSPS) is 14.6. The molecule has 3 aromatic rings. The van der Waals surface area contributed by atoms with E-state index in [0.29, 0.717) is 44.8 Å². The van der Waals surface area contributed by atoms with Gasteiger partial charge in [0.2, 0.25) is 10.0 Å². The van der Waals surface area contributed by atoms with Gasteiger partial charge in [0.1, 0.15) is 5.82 Å². The van der Waals surface area contributed by atoms with Crippen LogP contribution in [0.3, 0.4) is 0 Å². The summed E-state index contributed by atoms with van der Waals surface area (Å²) in [5.41, 5.74) is 2.25. The van der Waals surface area contributed by atoms with E-state index in [1.807, 2.05) is 42.2 Å². The molecule has 4 rings (SSSR count). The van der Waals surface area contributed by atoms with Gasteiger partial charge in [-0.2, -0.15) is 4.31 Å². The van der Waals surface area contributed by atoms with Crippen LogP contribution in [0.1, 0.15) is 29.3 Å². The fraction of sp³-hybridized carbons (Fsp3) is 0.296. The first kappa shape index (κ1) is 24.9. The van der Waals surface area contributed by atoms with E-state index < -0.39 is 10.0 Å². The van der Waals surface area contributed by atoms with Crippen LogP contribution >= 0.6 is 0 Å². The van der Waals surface area contributed by atoms with Gasteiger partial charge in [0.15, 0.2) is 0 Å². The molecule has 1 fully saturated rings. The van der Waals surface area contributed by atoms with E-state index >= 15 is 0 Å². The largest absolute Gasteiger partial charge is 0.369 e. The summed E-state index contributed by atoms with van der Waals surface area (Å²) in [6, 6.07) is 22.3. The summed E-state index contributed by atoms with van der Waals surface area (Å²) in [5, 5.41) is 0. The molecular weight excluding hydrogens is 465 g/mol. The third kappa shape index (κ3) is 5.89. The molecule has 1 heterocycles. The van der Waals surface area contributed by atoms with E-state index in [-0.39, 0.29) is 16.6 Å². The lowest BCUT2D eigenvalue weighted by atomic mass is 10.1. The van der Waals surface area contributed by atoms with E-state index in [4.69, 9.17) is 0 Å². The van der Waals surface area contributed by atoms with Crippen molar-refractivity contribution in [2.24, 2.45) is 0 Å². The number of anilines is 1. The predicted molar refractivity (Wildman–Crippen MR) is 135 cm³/mol. The summed E-state index contributed by atoms with van der Waals surface area (Å²) in [4.78, 5) is 17.2. The SMILES string of the molecule is CCCN(Cc1ccccc1)C(=O)c1cccc(S(=O)(=O)N2CCN(c3ccc(F)cc3)CC2)c1. The molecule has 0 atom stereocenters. The molecule has 0 spiro atoms. The number of halogens is 1. The van der Waals surface area contributed by atoms with Gasteiger partial charge >= 0.3 is 0 Å². The Hall–Kier alpha value is -3.23. The fourth-order valence-corrected chi connectivity index (χ4v) is 5.75. The van der Waals surface area contributed by atoms with E-state index in [0.717, 1.165) is 17.7 Å². The zero-order valence-electron chi connectivity index (χ0n) is 19.8. The maximum atomic E-state index is 13.4. The Morgan fingerprint density at radius 2 is 1.60 bits per heavy atom. The summed E-state index contributed by atoms with van der Waals surface area (Å²) < 4.78 is 41.4. The van der Waals surface area contributed by atoms with Crippen molar-refractivity contribution < 1.29 is 17.6 Å². The second-order valence-corrected chi connectivity index (χ2v) is 10.5. The van der Waals surface area contributed by atoms with Crippen LogP contribution in [-0.2, 0) is 16.6 Å². The molecule has 0 bridgehead atoms. The van der Waals surface area contributed by atoms with Crippen LogP contribution in [-0.4, -0.2) is 56.3 Å². The van der Waals surface area contributed by atoms with E-state index in [1.54, 1.807) is 35.2 Å². The fourth-order valence-electron chi connectivity index (χ4n) is 4.29. The highest BCUT2D eigenvalue weighted by molar-refractivity contribution is 7.89. The Balaban J connectivity index is 1.48. The molecule has 0 saturated carbocycles. The summed E-state index contributed by atoms with van der Waals surface area (Å²) in [6.07, 6.45) is 0.800. The van der Waals surface area contributed by atoms with Gasteiger partial charge < -0.3 is 9.80 Å². The van der Waals surface area contributed by atoms with E-state index in [2.05, 4.69) is 0 Å². The van der Waals surface area contributed by atoms with Crippen molar-refractivity contribution in [2.45, 2.75) is 24.8 Å². The lowest BCUT2D eigenvalue weighted by molar-refractivity contribution is 0.0743. The van der Waals surface area contributed by atoms with Crippen LogP contribution in [0.2, 0.25) is 0 Å². The Bertz CT molecular complexity index is 1240. The van der Waals surface area contributed by atoms with Crippen molar-refractivity contribution in [1.29, 1.82) is 0 Å². The van der Waals surface area contributed by atoms with E-state index in [1.165, 1.54) is 22.5 Å². The third-order valence-corrected chi connectivity index (χ3v) is 8.04. The highest BCUT2D eigenvalue weighted by Crippen LogP contribution is 2.23. The van der Waals surface area contributed by atoms with Crippen LogP contribution < -0.4 is 4.90 Å². The monoisotopic (exact) mass is 495 g/mol. The molecule has 8 heteroatoms. The third-order valence-electron chi connectivity index (χ3n) is 6.15. The number of carbonyl (C=O) groups is 1. The molecule has 3 aromatic carbocycles. The van der Waals surface area contributed by atoms with Gasteiger partial charge in [0, 0.05) is 50.5 Å². The second-order valence-electron chi connectivity index (χ2n) is 8.61. The highest BCUT2D eigenvalue weighted by atomic mass is 32.2. The second kappa shape index (κ2) is 11.0. The molecule has 1 amide bonds. The number of sulfonamides is 1. The average Bonchev–Trinajstić information content (AvgIpc) is 2.89. The van der Waals surface area contributed by atoms with Gasteiger partial charge in [0.25, 0.3) is 5.91 Å². The zero-order valence-corrected chi connectivity index (χ0v) is 20.6. The minimum atomic E-state index is -3.75. The van der Waals surface area contributed by atoms with Crippen molar-refractivity contribution in [3.63, 3.8) is 0 Å². The van der Waals surface area contributed by atoms with Gasteiger partial charge in [-0.05, 0) is 54.4 Å². The maximum Gasteiger partial charge on any atom is 0.254 e. The Labute approximate surface area is 206 Å². The lowest BCUT2D eigenvalue weighted by Crippen LogP contribution is -2.48. The van der Waals surface area contributed by atoms with Crippen LogP contribution in [0, 0.1) is 5.82 Å². The number of rotatable bonds is 8. The van der Waals surface area contributed by atoms with Crippen LogP contribution in [0.25, 0.3) is 0 Å². The van der Waals surface area contributed by atoms with Crippen LogP contribution in [0.15, 0.2) is 83.8 Å². The standard InChI is InChI=1S/C27H30FN3O3S/c1-2-15-30(21-22-7-4-3-5-8-22)27(32)23-9-6-10-26(20-23)35(33,34)31-18-16-29(17-19-31)25-13-11-24(28)12-14-25/h3-14,20H,2,15-19,21H2,1H3. The van der Waals surface area contributed by atoms with Crippen molar-refractivity contribution >= 4 is 21.6 Å². The molecule has 35 heavy (non-hydrogen) atoms. The van der Waals surface area contributed by atoms with Gasteiger partial charge in [-0.1, -0.05) is 43.3 Å². The number of hydrogen-bond donors (Lipinski definition) is 0. The van der Waals surface area contributed by atoms with Gasteiger partial charge in [0.05, 0.1) is 4.90 Å². The molecule has 0 unspecified atom stereocenters. The minimum Gasteiger partial charge on any atom is -0.369 e. The van der Waals surface area contributed by atoms with Crippen LogP contribution in [0.5, 0.6) is 0 Å². The zero-order chi connectivity index (χ0) is 24.8. The van der Waals surface area contributed by atoms with Crippen molar-refractivity contribution in [1.82, 2.24) is 9.21 Å². The molecule has 0 aliphatic carbocycles. The van der Waals surface area contributed by atoms with Gasteiger partial charge in [-0.3, -0.25) is 4.79 Å². The predicted octanol–water partition coefficient (Wildman–Crippen LogP) is 4.39. The molecule has 184 valence electrons. The minimum absolute atomic E-state index is 0.120. The lowest BCUT2D eigenvalue weighted by Gasteiger charge is -2.35. The summed E-state index contributed by atoms with van der Waals surface area (Å²) in [5.74, 6) is -0.487. The van der Waals surface area contributed by atoms with Crippen molar-refractivity contribution in [3.05, 3.63) is 95.8 Å². The summed E-state index contributed by atoms with van der Waals surface area (Å²) in [7, 11) is -3.75. The molecule has 1 saturated heterocycles. The number of benzene rings is 3. The molecule has 1 aliphatic heterocycles. The highest BCUT2D eigenvalue weighted by Gasteiger charge is 2.29. The average molecular weight is 496 g/mol. The topological polar surface area (TPSA) is 60.9 Å². The quantitative estimate of drug-likeness (QED) is 0.465. The molecular formula is C27H30FN3O3S. The molecule has 6 nitrogen and oxygen atoms in total. The molecule has 0 aromatic heterocycles. The Morgan fingerprint density at radius 3 is 2.26 bits per heavy atom. The number of piperazine rings is 1. The molecule has 1 aliphatic rings. The number of carbonyl (C=O) groups excluding carboxylic acids is 1. The number of amides is 1. The van der Waals surface area contributed by atoms with E-state index in [9.17, 15) is 17.6 Å². The molecule has 0 radical (unpaired) electrons. The number of hydrogen-bond acceptors (Lipinski definition) is 4. The first-order valence-electron chi connectivity index (χ1n) is 11.8. The van der Waals surface area contributed by atoms with Crippen molar-refractivity contribution in [3.8, 4) is 0 Å². The van der Waals surface area contributed by atoms with Crippen LogP contribution in [0.4, 0.5) is 10.1 Å². The number of nitrogens with zero attached hydrogens (tertiary/aromatic N) is 3. The maximum absolute atomic E-state index is 13.4. The Kier molecular flexibility index (Phi) is 7.83. The smallest absolute Gasteiger partial charge is 0.254 e. The van der Waals surface area contributed by atoms with Gasteiger partial charge in [-0.25, -0.2) is 12.8 Å². The first-order chi connectivity index (χ1) is 16.9. The Morgan fingerprint density at radius 1 is 0.914 bits per heavy atom. The summed E-state index contributed by atoms with van der Waals surface area (Å²) in [6.45, 7) is 4.70. The molecule has 0 N–H and O–H groups in total. The summed E-state index contributed by atoms with van der Waals surface area (Å²) >= 11 is 0. The first-order valence-corrected chi connectivity index (χ1v) is 13.3. The van der Waals surface area contributed by atoms with Gasteiger partial charge in [-0.15, -0.1) is 0 Å².